The Hall–Kier alpha value is -2.56. The minimum absolute atomic E-state index is 0.0756. The van der Waals surface area contributed by atoms with E-state index in [0.29, 0.717) is 6.42 Å². The minimum atomic E-state index is 0.0756. The van der Waals surface area contributed by atoms with Crippen LogP contribution in [0, 0.1) is 5.41 Å². The third kappa shape index (κ3) is 3.84. The molecule has 0 bridgehead atoms. The summed E-state index contributed by atoms with van der Waals surface area (Å²) in [6, 6.07) is 12.0. The summed E-state index contributed by atoms with van der Waals surface area (Å²) in [6.45, 7) is 5.99. The van der Waals surface area contributed by atoms with Gasteiger partial charge >= 0.3 is 0 Å². The number of benzene rings is 1. The zero-order valence-electron chi connectivity index (χ0n) is 16.6. The van der Waals surface area contributed by atoms with E-state index in [1.54, 1.807) is 0 Å². The maximum atomic E-state index is 13.1. The van der Waals surface area contributed by atoms with Crippen LogP contribution in [0.1, 0.15) is 48.5 Å². The molecule has 1 aromatic heterocycles. The molecular formula is C23H29N3O2. The van der Waals surface area contributed by atoms with Gasteiger partial charge in [0.05, 0.1) is 0 Å². The van der Waals surface area contributed by atoms with Crippen LogP contribution in [0.2, 0.25) is 0 Å². The molecule has 5 heteroatoms. The van der Waals surface area contributed by atoms with E-state index in [0.717, 1.165) is 57.5 Å². The van der Waals surface area contributed by atoms with Crippen LogP contribution in [-0.2, 0) is 11.3 Å². The van der Waals surface area contributed by atoms with Crippen molar-refractivity contribution in [3.05, 3.63) is 59.9 Å². The number of carbonyl (C=O) groups is 2. The molecule has 0 N–H and O–H groups in total. The Bertz CT molecular complexity index is 828. The summed E-state index contributed by atoms with van der Waals surface area (Å²) in [5.41, 5.74) is 2.02. The van der Waals surface area contributed by atoms with Crippen LogP contribution in [0.25, 0.3) is 0 Å². The number of hydrogen-bond donors (Lipinski definition) is 0. The molecule has 4 rings (SSSR count). The van der Waals surface area contributed by atoms with Gasteiger partial charge in [-0.15, -0.1) is 0 Å². The normalized spacial score (nSPS) is 22.7. The molecule has 3 heterocycles. The smallest absolute Gasteiger partial charge is 0.253 e. The van der Waals surface area contributed by atoms with Gasteiger partial charge < -0.3 is 14.4 Å². The summed E-state index contributed by atoms with van der Waals surface area (Å²) in [6.07, 6.45) is 7.73. The van der Waals surface area contributed by atoms with Crippen molar-refractivity contribution in [2.24, 2.45) is 5.41 Å². The molecule has 0 unspecified atom stereocenters. The van der Waals surface area contributed by atoms with Crippen LogP contribution in [0.15, 0.2) is 48.8 Å². The van der Waals surface area contributed by atoms with Crippen molar-refractivity contribution in [1.29, 1.82) is 0 Å². The van der Waals surface area contributed by atoms with E-state index in [4.69, 9.17) is 0 Å². The highest BCUT2D eigenvalue weighted by Crippen LogP contribution is 2.39. The molecule has 5 nitrogen and oxygen atoms in total. The third-order valence-electron chi connectivity index (χ3n) is 6.31. The molecule has 0 saturated carbocycles. The van der Waals surface area contributed by atoms with Crippen molar-refractivity contribution in [1.82, 2.24) is 14.4 Å². The second-order valence-corrected chi connectivity index (χ2v) is 8.29. The number of rotatable bonds is 4. The lowest BCUT2D eigenvalue weighted by atomic mass is 9.73. The van der Waals surface area contributed by atoms with Gasteiger partial charge in [-0.05, 0) is 56.0 Å². The number of nitrogens with zero attached hydrogens (tertiary/aromatic N) is 3. The second kappa shape index (κ2) is 7.82. The minimum Gasteiger partial charge on any atom is -0.350 e. The first-order valence-corrected chi connectivity index (χ1v) is 10.4. The average molecular weight is 380 g/mol. The zero-order chi connectivity index (χ0) is 19.6. The number of hydrogen-bond acceptors (Lipinski definition) is 2. The monoisotopic (exact) mass is 379 g/mol. The number of piperidine rings is 2. The van der Waals surface area contributed by atoms with E-state index in [1.165, 1.54) is 5.56 Å². The molecular weight excluding hydrogens is 350 g/mol. The van der Waals surface area contributed by atoms with E-state index >= 15 is 0 Å². The van der Waals surface area contributed by atoms with Gasteiger partial charge in [0.25, 0.3) is 5.91 Å². The van der Waals surface area contributed by atoms with E-state index < -0.39 is 0 Å². The third-order valence-corrected chi connectivity index (χ3v) is 6.31. The predicted octanol–water partition coefficient (Wildman–Crippen LogP) is 3.40. The van der Waals surface area contributed by atoms with Crippen LogP contribution >= 0.6 is 0 Å². The number of aromatic nitrogens is 1. The van der Waals surface area contributed by atoms with Gasteiger partial charge in [0, 0.05) is 62.5 Å². The van der Waals surface area contributed by atoms with Crippen LogP contribution in [-0.4, -0.2) is 52.4 Å². The van der Waals surface area contributed by atoms with Gasteiger partial charge in [-0.1, -0.05) is 12.1 Å². The summed E-state index contributed by atoms with van der Waals surface area (Å²) in [5, 5.41) is 0. The van der Waals surface area contributed by atoms with Gasteiger partial charge in [-0.3, -0.25) is 9.59 Å². The fourth-order valence-corrected chi connectivity index (χ4v) is 4.73. The number of amides is 2. The fourth-order valence-electron chi connectivity index (χ4n) is 4.73. The maximum absolute atomic E-state index is 13.1. The second-order valence-electron chi connectivity index (χ2n) is 8.29. The van der Waals surface area contributed by atoms with Crippen molar-refractivity contribution in [3.63, 3.8) is 0 Å². The van der Waals surface area contributed by atoms with Crippen LogP contribution in [0.3, 0.4) is 0 Å². The predicted molar refractivity (Wildman–Crippen MR) is 109 cm³/mol. The van der Waals surface area contributed by atoms with E-state index in [1.807, 2.05) is 65.5 Å². The highest BCUT2D eigenvalue weighted by Gasteiger charge is 2.42. The summed E-state index contributed by atoms with van der Waals surface area (Å²) in [7, 11) is 0. The van der Waals surface area contributed by atoms with Crippen LogP contribution in [0.5, 0.6) is 0 Å². The Morgan fingerprint density at radius 2 is 1.82 bits per heavy atom. The van der Waals surface area contributed by atoms with Crippen molar-refractivity contribution >= 4 is 11.8 Å². The van der Waals surface area contributed by atoms with Gasteiger partial charge in [-0.2, -0.15) is 0 Å². The fraction of sp³-hybridized carbons (Fsp3) is 0.478. The summed E-state index contributed by atoms with van der Waals surface area (Å²) in [5.74, 6) is 0.376. The Kier molecular flexibility index (Phi) is 5.25. The molecule has 2 aliphatic heterocycles. The molecule has 148 valence electrons. The molecule has 2 saturated heterocycles. The van der Waals surface area contributed by atoms with E-state index in [9.17, 15) is 9.59 Å². The Labute approximate surface area is 166 Å². The molecule has 2 fully saturated rings. The summed E-state index contributed by atoms with van der Waals surface area (Å²) < 4.78 is 2.12. The van der Waals surface area contributed by atoms with E-state index in [2.05, 4.69) is 4.57 Å². The lowest BCUT2D eigenvalue weighted by Gasteiger charge is -2.48. The molecule has 0 radical (unpaired) electrons. The van der Waals surface area contributed by atoms with Crippen molar-refractivity contribution in [3.8, 4) is 0 Å². The first-order valence-electron chi connectivity index (χ1n) is 10.4. The van der Waals surface area contributed by atoms with Crippen molar-refractivity contribution < 1.29 is 9.59 Å². The highest BCUT2D eigenvalue weighted by molar-refractivity contribution is 5.94. The lowest BCUT2D eigenvalue weighted by Crippen LogP contribution is -2.55. The standard InChI is InChI=1S/C23H29N3O2/c1-2-25-17-23(12-10-21(25)27)11-5-15-26(18-23)22(28)20-8-6-19(7-9-20)16-24-13-3-4-14-24/h3-4,6-9,13-14H,2,5,10-12,15-18H2,1H3/t23-/m0/s1. The lowest BCUT2D eigenvalue weighted by molar-refractivity contribution is -0.138. The molecule has 2 amide bonds. The van der Waals surface area contributed by atoms with Gasteiger partial charge in [0.2, 0.25) is 5.91 Å². The Morgan fingerprint density at radius 3 is 2.54 bits per heavy atom. The van der Waals surface area contributed by atoms with E-state index in [-0.39, 0.29) is 17.2 Å². The molecule has 1 atom stereocenters. The van der Waals surface area contributed by atoms with Gasteiger partial charge in [0.1, 0.15) is 0 Å². The molecule has 0 aliphatic carbocycles. The molecule has 28 heavy (non-hydrogen) atoms. The highest BCUT2D eigenvalue weighted by atomic mass is 16.2. The first kappa shape index (κ1) is 18.8. The largest absolute Gasteiger partial charge is 0.350 e. The van der Waals surface area contributed by atoms with Gasteiger partial charge in [-0.25, -0.2) is 0 Å². The topological polar surface area (TPSA) is 45.5 Å². The maximum Gasteiger partial charge on any atom is 0.253 e. The van der Waals surface area contributed by atoms with Crippen molar-refractivity contribution in [2.75, 3.05) is 26.2 Å². The molecule has 1 spiro atoms. The van der Waals surface area contributed by atoms with Crippen molar-refractivity contribution in [2.45, 2.75) is 39.2 Å². The number of likely N-dealkylation sites (tertiary alicyclic amines) is 2. The number of carbonyl (C=O) groups excluding carboxylic acids is 2. The first-order chi connectivity index (χ1) is 13.6. The SMILES string of the molecule is CCN1C[C@]2(CCCN(C(=O)c3ccc(Cn4cccc4)cc3)C2)CCC1=O. The summed E-state index contributed by atoms with van der Waals surface area (Å²) >= 11 is 0. The Morgan fingerprint density at radius 1 is 1.07 bits per heavy atom. The zero-order valence-corrected chi connectivity index (χ0v) is 16.6. The molecule has 2 aliphatic rings. The van der Waals surface area contributed by atoms with Crippen LogP contribution < -0.4 is 0 Å². The average Bonchev–Trinajstić information content (AvgIpc) is 3.23. The molecule has 1 aromatic carbocycles. The molecule has 2 aromatic rings. The van der Waals surface area contributed by atoms with Gasteiger partial charge in [0.15, 0.2) is 0 Å². The summed E-state index contributed by atoms with van der Waals surface area (Å²) in [4.78, 5) is 29.2. The van der Waals surface area contributed by atoms with Crippen LogP contribution in [0.4, 0.5) is 0 Å². The Balaban J connectivity index is 1.43. The quantitative estimate of drug-likeness (QED) is 0.817.